The first-order valence-corrected chi connectivity index (χ1v) is 5.98. The normalized spacial score (nSPS) is 27.1. The van der Waals surface area contributed by atoms with Gasteiger partial charge < -0.3 is 9.84 Å². The highest BCUT2D eigenvalue weighted by Crippen LogP contribution is 2.53. The molecule has 1 N–H and O–H groups in total. The van der Waals surface area contributed by atoms with Gasteiger partial charge in [0.15, 0.2) is 0 Å². The molecular weight excluding hydrogens is 220 g/mol. The molecule has 1 rings (SSSR count). The number of ether oxygens (including phenoxy) is 1. The molecule has 0 spiro atoms. The molecule has 0 saturated heterocycles. The maximum Gasteiger partial charge on any atom is 0.307 e. The number of rotatable bonds is 3. The van der Waals surface area contributed by atoms with Crippen molar-refractivity contribution < 1.29 is 19.4 Å². The highest BCUT2D eigenvalue weighted by atomic mass is 16.6. The number of aliphatic carboxylic acids is 1. The predicted molar refractivity (Wildman–Crippen MR) is 63.5 cm³/mol. The molecule has 98 valence electrons. The first-order chi connectivity index (χ1) is 7.54. The molecule has 0 aliphatic heterocycles. The van der Waals surface area contributed by atoms with E-state index in [1.807, 2.05) is 34.6 Å². The number of carboxylic acid groups (broad SMARTS) is 1. The molecule has 1 fully saturated rings. The summed E-state index contributed by atoms with van der Waals surface area (Å²) in [6, 6.07) is 0. The van der Waals surface area contributed by atoms with Crippen LogP contribution in [-0.4, -0.2) is 22.6 Å². The highest BCUT2D eigenvalue weighted by molar-refractivity contribution is 5.74. The van der Waals surface area contributed by atoms with E-state index in [1.54, 1.807) is 0 Å². The largest absolute Gasteiger partial charge is 0.481 e. The van der Waals surface area contributed by atoms with Gasteiger partial charge >= 0.3 is 11.9 Å². The number of esters is 1. The van der Waals surface area contributed by atoms with E-state index in [2.05, 4.69) is 0 Å². The Morgan fingerprint density at radius 3 is 2.24 bits per heavy atom. The highest BCUT2D eigenvalue weighted by Gasteiger charge is 2.52. The van der Waals surface area contributed by atoms with Crippen LogP contribution in [0.2, 0.25) is 0 Å². The number of carboxylic acids is 1. The standard InChI is InChI=1S/C13H22O4/c1-12(2,3)17-10(14)7-8-6-9(11(15)16)13(8,4)5/h8-9H,6-7H2,1-5H3,(H,15,16). The molecule has 0 bridgehead atoms. The van der Waals surface area contributed by atoms with Crippen molar-refractivity contribution in [2.75, 3.05) is 0 Å². The van der Waals surface area contributed by atoms with Crippen molar-refractivity contribution in [2.45, 2.75) is 53.1 Å². The molecule has 0 amide bonds. The predicted octanol–water partition coefficient (Wildman–Crippen LogP) is 2.47. The summed E-state index contributed by atoms with van der Waals surface area (Å²) >= 11 is 0. The lowest BCUT2D eigenvalue weighted by Gasteiger charge is -2.49. The molecule has 4 nitrogen and oxygen atoms in total. The van der Waals surface area contributed by atoms with Crippen LogP contribution >= 0.6 is 0 Å². The zero-order valence-electron chi connectivity index (χ0n) is 11.2. The summed E-state index contributed by atoms with van der Waals surface area (Å²) in [7, 11) is 0. The third-order valence-electron chi connectivity index (χ3n) is 3.60. The molecule has 0 heterocycles. The quantitative estimate of drug-likeness (QED) is 0.772. The van der Waals surface area contributed by atoms with Gasteiger partial charge in [-0.25, -0.2) is 0 Å². The Bertz CT molecular complexity index is 325. The molecule has 2 atom stereocenters. The van der Waals surface area contributed by atoms with Crippen molar-refractivity contribution in [3.63, 3.8) is 0 Å². The Morgan fingerprint density at radius 2 is 1.88 bits per heavy atom. The molecular formula is C13H22O4. The van der Waals surface area contributed by atoms with Gasteiger partial charge in [0.1, 0.15) is 5.60 Å². The minimum atomic E-state index is -0.768. The van der Waals surface area contributed by atoms with E-state index in [9.17, 15) is 9.59 Å². The van der Waals surface area contributed by atoms with Gasteiger partial charge in [0.2, 0.25) is 0 Å². The second-order valence-electron chi connectivity index (χ2n) is 6.44. The summed E-state index contributed by atoms with van der Waals surface area (Å²) in [5.74, 6) is -1.23. The van der Waals surface area contributed by atoms with Crippen molar-refractivity contribution >= 4 is 11.9 Å². The maximum absolute atomic E-state index is 11.7. The van der Waals surface area contributed by atoms with Crippen molar-refractivity contribution in [1.29, 1.82) is 0 Å². The van der Waals surface area contributed by atoms with Crippen LogP contribution in [0.1, 0.15) is 47.5 Å². The van der Waals surface area contributed by atoms with E-state index in [1.165, 1.54) is 0 Å². The Labute approximate surface area is 102 Å². The van der Waals surface area contributed by atoms with Gasteiger partial charge in [-0.05, 0) is 38.5 Å². The fourth-order valence-electron chi connectivity index (χ4n) is 2.37. The maximum atomic E-state index is 11.7. The zero-order valence-corrected chi connectivity index (χ0v) is 11.2. The number of carbonyl (C=O) groups excluding carboxylic acids is 1. The fourth-order valence-corrected chi connectivity index (χ4v) is 2.37. The van der Waals surface area contributed by atoms with Crippen molar-refractivity contribution in [1.82, 2.24) is 0 Å². The molecule has 1 aliphatic carbocycles. The van der Waals surface area contributed by atoms with Crippen LogP contribution in [0.15, 0.2) is 0 Å². The second-order valence-corrected chi connectivity index (χ2v) is 6.44. The molecule has 2 unspecified atom stereocenters. The monoisotopic (exact) mass is 242 g/mol. The van der Waals surface area contributed by atoms with Gasteiger partial charge in [0.05, 0.1) is 5.92 Å². The Balaban J connectivity index is 2.51. The second kappa shape index (κ2) is 4.31. The van der Waals surface area contributed by atoms with Crippen LogP contribution in [0.3, 0.4) is 0 Å². The lowest BCUT2D eigenvalue weighted by Crippen LogP contribution is -2.49. The van der Waals surface area contributed by atoms with Crippen LogP contribution in [0.4, 0.5) is 0 Å². The van der Waals surface area contributed by atoms with Crippen molar-refractivity contribution in [3.05, 3.63) is 0 Å². The van der Waals surface area contributed by atoms with Crippen LogP contribution in [0.25, 0.3) is 0 Å². The summed E-state index contributed by atoms with van der Waals surface area (Å²) in [4.78, 5) is 22.6. The third kappa shape index (κ3) is 3.20. The first kappa shape index (κ1) is 14.0. The molecule has 0 aromatic rings. The molecule has 0 aromatic heterocycles. The summed E-state index contributed by atoms with van der Waals surface area (Å²) in [5, 5.41) is 8.99. The smallest absolute Gasteiger partial charge is 0.307 e. The topological polar surface area (TPSA) is 63.6 Å². The van der Waals surface area contributed by atoms with Gasteiger partial charge in [-0.3, -0.25) is 9.59 Å². The molecule has 1 aliphatic rings. The SMILES string of the molecule is CC(C)(C)OC(=O)CC1CC(C(=O)O)C1(C)C. The van der Waals surface area contributed by atoms with E-state index >= 15 is 0 Å². The number of hydrogen-bond acceptors (Lipinski definition) is 3. The lowest BCUT2D eigenvalue weighted by molar-refractivity contribution is -0.169. The summed E-state index contributed by atoms with van der Waals surface area (Å²) in [5.41, 5.74) is -0.792. The van der Waals surface area contributed by atoms with Crippen LogP contribution in [0.5, 0.6) is 0 Å². The van der Waals surface area contributed by atoms with E-state index in [4.69, 9.17) is 9.84 Å². The van der Waals surface area contributed by atoms with E-state index in [0.29, 0.717) is 12.8 Å². The average molecular weight is 242 g/mol. The molecule has 4 heteroatoms. The van der Waals surface area contributed by atoms with Gasteiger partial charge in [0.25, 0.3) is 0 Å². The van der Waals surface area contributed by atoms with E-state index < -0.39 is 11.6 Å². The van der Waals surface area contributed by atoms with Crippen LogP contribution < -0.4 is 0 Å². The Hall–Kier alpha value is -1.06. The fraction of sp³-hybridized carbons (Fsp3) is 0.846. The average Bonchev–Trinajstić information content (AvgIpc) is 2.07. The molecule has 17 heavy (non-hydrogen) atoms. The van der Waals surface area contributed by atoms with Gasteiger partial charge in [-0.1, -0.05) is 13.8 Å². The Morgan fingerprint density at radius 1 is 1.35 bits per heavy atom. The zero-order chi connectivity index (χ0) is 13.4. The van der Waals surface area contributed by atoms with Gasteiger partial charge in [-0.15, -0.1) is 0 Å². The van der Waals surface area contributed by atoms with E-state index in [0.717, 1.165) is 0 Å². The van der Waals surface area contributed by atoms with Crippen molar-refractivity contribution in [3.8, 4) is 0 Å². The van der Waals surface area contributed by atoms with Gasteiger partial charge in [0, 0.05) is 6.42 Å². The number of hydrogen-bond donors (Lipinski definition) is 1. The summed E-state index contributed by atoms with van der Waals surface area (Å²) < 4.78 is 5.25. The molecule has 1 saturated carbocycles. The first-order valence-electron chi connectivity index (χ1n) is 5.98. The van der Waals surface area contributed by atoms with Gasteiger partial charge in [-0.2, -0.15) is 0 Å². The molecule has 0 aromatic carbocycles. The van der Waals surface area contributed by atoms with E-state index in [-0.39, 0.29) is 23.2 Å². The van der Waals surface area contributed by atoms with Crippen molar-refractivity contribution in [2.24, 2.45) is 17.3 Å². The minimum Gasteiger partial charge on any atom is -0.481 e. The lowest BCUT2D eigenvalue weighted by atomic mass is 9.54. The number of carbonyl (C=O) groups is 2. The Kier molecular flexibility index (Phi) is 3.55. The van der Waals surface area contributed by atoms with Crippen LogP contribution in [0, 0.1) is 17.3 Å². The third-order valence-corrected chi connectivity index (χ3v) is 3.60. The van der Waals surface area contributed by atoms with Crippen LogP contribution in [-0.2, 0) is 14.3 Å². The minimum absolute atomic E-state index is 0.110. The summed E-state index contributed by atoms with van der Waals surface area (Å²) in [6.45, 7) is 9.30. The summed E-state index contributed by atoms with van der Waals surface area (Å²) in [6.07, 6.45) is 0.885. The molecule has 0 radical (unpaired) electrons.